The van der Waals surface area contributed by atoms with Gasteiger partial charge >= 0.3 is 0 Å². The van der Waals surface area contributed by atoms with Gasteiger partial charge in [0.05, 0.1) is 18.1 Å². The molecule has 1 aromatic heterocycles. The van der Waals surface area contributed by atoms with Crippen LogP contribution in [0.3, 0.4) is 0 Å². The number of fused-ring (bicyclic) bond motifs is 1. The first-order chi connectivity index (χ1) is 13.7. The molecule has 0 N–H and O–H groups in total. The van der Waals surface area contributed by atoms with Crippen LogP contribution < -0.4 is 4.90 Å². The minimum absolute atomic E-state index is 0.0242. The molecule has 2 aromatic rings. The largest absolute Gasteiger partial charge is 0.356 e. The van der Waals surface area contributed by atoms with Crippen molar-refractivity contribution in [3.05, 3.63) is 54.0 Å². The molecule has 0 aliphatic carbocycles. The fraction of sp³-hybridized carbons (Fsp3) is 0.409. The third-order valence-electron chi connectivity index (χ3n) is 6.38. The van der Waals surface area contributed by atoms with Gasteiger partial charge in [-0.15, -0.1) is 6.42 Å². The van der Waals surface area contributed by atoms with Gasteiger partial charge in [0, 0.05) is 25.6 Å². The molecule has 1 aromatic carbocycles. The lowest BCUT2D eigenvalue weighted by Crippen LogP contribution is -2.45. The number of benzene rings is 1. The number of hydrogen-bond donors (Lipinski definition) is 0. The number of carbonyl (C=O) groups excluding carboxylic acids is 1. The van der Waals surface area contributed by atoms with Crippen molar-refractivity contribution in [3.63, 3.8) is 0 Å². The summed E-state index contributed by atoms with van der Waals surface area (Å²) in [6.45, 7) is 2.14. The molecule has 3 fully saturated rings. The van der Waals surface area contributed by atoms with Crippen molar-refractivity contribution in [2.75, 3.05) is 24.6 Å². The summed E-state index contributed by atoms with van der Waals surface area (Å²) in [6, 6.07) is 12.0. The van der Waals surface area contributed by atoms with Crippen LogP contribution in [0, 0.1) is 17.8 Å². The van der Waals surface area contributed by atoms with Gasteiger partial charge in [-0.1, -0.05) is 36.3 Å². The Labute approximate surface area is 164 Å². The van der Waals surface area contributed by atoms with Crippen LogP contribution in [0.4, 0.5) is 5.82 Å². The van der Waals surface area contributed by atoms with Crippen molar-refractivity contribution >= 4 is 11.7 Å². The fourth-order valence-corrected chi connectivity index (χ4v) is 4.80. The van der Waals surface area contributed by atoms with Crippen molar-refractivity contribution in [1.82, 2.24) is 14.9 Å². The summed E-state index contributed by atoms with van der Waals surface area (Å²) in [7, 11) is 0. The van der Waals surface area contributed by atoms with E-state index >= 15 is 0 Å². The topological polar surface area (TPSA) is 58.6 Å². The Morgan fingerprint density at radius 2 is 1.96 bits per heavy atom. The molecule has 4 heterocycles. The van der Waals surface area contributed by atoms with E-state index in [4.69, 9.17) is 11.2 Å². The highest BCUT2D eigenvalue weighted by molar-refractivity contribution is 5.86. The van der Waals surface area contributed by atoms with Crippen molar-refractivity contribution in [1.29, 1.82) is 0 Å². The maximum absolute atomic E-state index is 13.5. The fourth-order valence-electron chi connectivity index (χ4n) is 4.80. The number of piperidine rings is 1. The zero-order chi connectivity index (χ0) is 19.1. The zero-order valence-electron chi connectivity index (χ0n) is 15.6. The number of amides is 1. The van der Waals surface area contributed by atoms with Gasteiger partial charge < -0.3 is 14.5 Å². The van der Waals surface area contributed by atoms with E-state index in [1.807, 2.05) is 29.2 Å². The highest BCUT2D eigenvalue weighted by atomic mass is 16.5. The molecule has 1 amide bonds. The number of terminal acetylenes is 1. The van der Waals surface area contributed by atoms with Gasteiger partial charge in [-0.05, 0) is 18.4 Å². The highest BCUT2D eigenvalue weighted by Crippen LogP contribution is 2.50. The summed E-state index contributed by atoms with van der Waals surface area (Å²) in [4.78, 5) is 26.1. The Hall–Kier alpha value is -2.91. The second-order valence-corrected chi connectivity index (χ2v) is 7.80. The normalized spacial score (nSPS) is 25.8. The first-order valence-corrected chi connectivity index (χ1v) is 9.73. The van der Waals surface area contributed by atoms with Crippen LogP contribution >= 0.6 is 0 Å². The lowest BCUT2D eigenvalue weighted by molar-refractivity contribution is -0.139. The Bertz CT molecular complexity index is 931. The van der Waals surface area contributed by atoms with Crippen LogP contribution in [0.5, 0.6) is 0 Å². The number of ether oxygens (including phenoxy) is 1. The second kappa shape index (κ2) is 6.61. The Morgan fingerprint density at radius 3 is 2.71 bits per heavy atom. The third-order valence-corrected chi connectivity index (χ3v) is 6.38. The summed E-state index contributed by atoms with van der Waals surface area (Å²) < 4.78 is 6.03. The standard InChI is InChI=1S/C22H22N4O2/c1-2-17-12-19(24-15-23-17)25-10-8-22(9-11-25)13-20-26(21(22)27)18(14-28-20)16-6-4-3-5-7-16/h1,3-7,12,15,18,20H,8-11,13-14H2/t18-,20-/m0/s1. The van der Waals surface area contributed by atoms with Gasteiger partial charge in [0.25, 0.3) is 0 Å². The van der Waals surface area contributed by atoms with E-state index in [-0.39, 0.29) is 23.6 Å². The van der Waals surface area contributed by atoms with Gasteiger partial charge in [-0.25, -0.2) is 9.97 Å². The summed E-state index contributed by atoms with van der Waals surface area (Å²) in [5.74, 6) is 3.64. The van der Waals surface area contributed by atoms with Crippen molar-refractivity contribution < 1.29 is 9.53 Å². The minimum Gasteiger partial charge on any atom is -0.356 e. The lowest BCUT2D eigenvalue weighted by Gasteiger charge is -2.39. The van der Waals surface area contributed by atoms with Gasteiger partial charge in [0.1, 0.15) is 24.1 Å². The molecule has 6 heteroatoms. The van der Waals surface area contributed by atoms with E-state index in [2.05, 4.69) is 32.9 Å². The SMILES string of the molecule is C#Cc1cc(N2CCC3(CC2)C[C@@H]2OC[C@@H](c4ccccc4)N2C3=O)ncn1. The molecule has 6 nitrogen and oxygen atoms in total. The Kier molecular flexibility index (Phi) is 4.06. The van der Waals surface area contributed by atoms with Crippen LogP contribution in [0.25, 0.3) is 0 Å². The Morgan fingerprint density at radius 1 is 1.18 bits per heavy atom. The predicted molar refractivity (Wildman–Crippen MR) is 104 cm³/mol. The summed E-state index contributed by atoms with van der Waals surface area (Å²) >= 11 is 0. The molecule has 28 heavy (non-hydrogen) atoms. The molecule has 1 spiro atoms. The van der Waals surface area contributed by atoms with E-state index in [0.29, 0.717) is 12.3 Å². The number of nitrogens with zero attached hydrogens (tertiary/aromatic N) is 4. The first kappa shape index (κ1) is 17.2. The van der Waals surface area contributed by atoms with Crippen molar-refractivity contribution in [3.8, 4) is 12.3 Å². The zero-order valence-corrected chi connectivity index (χ0v) is 15.6. The molecular formula is C22H22N4O2. The summed E-state index contributed by atoms with van der Waals surface area (Å²) in [6.07, 6.45) is 9.24. The Balaban J connectivity index is 1.33. The molecule has 2 atom stereocenters. The van der Waals surface area contributed by atoms with Crippen molar-refractivity contribution in [2.24, 2.45) is 5.41 Å². The molecule has 0 unspecified atom stereocenters. The molecule has 5 rings (SSSR count). The monoisotopic (exact) mass is 374 g/mol. The molecule has 0 radical (unpaired) electrons. The van der Waals surface area contributed by atoms with Crippen LogP contribution in [0.15, 0.2) is 42.7 Å². The smallest absolute Gasteiger partial charge is 0.231 e. The second-order valence-electron chi connectivity index (χ2n) is 7.80. The van der Waals surface area contributed by atoms with Crippen molar-refractivity contribution in [2.45, 2.75) is 31.5 Å². The predicted octanol–water partition coefficient (Wildman–Crippen LogP) is 2.37. The van der Waals surface area contributed by atoms with Gasteiger partial charge in [0.15, 0.2) is 0 Å². The molecule has 142 valence electrons. The van der Waals surface area contributed by atoms with E-state index < -0.39 is 0 Å². The maximum Gasteiger partial charge on any atom is 0.231 e. The molecule has 3 saturated heterocycles. The maximum atomic E-state index is 13.5. The van der Waals surface area contributed by atoms with E-state index in [0.717, 1.165) is 43.7 Å². The van der Waals surface area contributed by atoms with Crippen LogP contribution in [-0.4, -0.2) is 46.7 Å². The molecular weight excluding hydrogens is 352 g/mol. The van der Waals surface area contributed by atoms with Gasteiger partial charge in [0.2, 0.25) is 5.91 Å². The molecule has 0 saturated carbocycles. The van der Waals surface area contributed by atoms with Gasteiger partial charge in [-0.2, -0.15) is 0 Å². The van der Waals surface area contributed by atoms with Crippen LogP contribution in [0.1, 0.15) is 36.6 Å². The molecule has 0 bridgehead atoms. The van der Waals surface area contributed by atoms with E-state index in [1.54, 1.807) is 0 Å². The van der Waals surface area contributed by atoms with Gasteiger partial charge in [-0.3, -0.25) is 4.79 Å². The molecule has 3 aliphatic rings. The van der Waals surface area contributed by atoms with Crippen LogP contribution in [0.2, 0.25) is 0 Å². The third kappa shape index (κ3) is 2.66. The number of anilines is 1. The number of hydrogen-bond acceptors (Lipinski definition) is 5. The number of rotatable bonds is 2. The summed E-state index contributed by atoms with van der Waals surface area (Å²) in [5, 5.41) is 0. The summed E-state index contributed by atoms with van der Waals surface area (Å²) in [5.41, 5.74) is 1.41. The average molecular weight is 374 g/mol. The average Bonchev–Trinajstić information content (AvgIpc) is 3.27. The number of carbonyl (C=O) groups is 1. The van der Waals surface area contributed by atoms with E-state index in [9.17, 15) is 4.79 Å². The molecule has 3 aliphatic heterocycles. The number of aromatic nitrogens is 2. The first-order valence-electron chi connectivity index (χ1n) is 9.73. The highest BCUT2D eigenvalue weighted by Gasteiger charge is 2.57. The lowest BCUT2D eigenvalue weighted by atomic mass is 9.76. The van der Waals surface area contributed by atoms with E-state index in [1.165, 1.54) is 6.33 Å². The quantitative estimate of drug-likeness (QED) is 0.756. The minimum atomic E-state index is -0.323. The van der Waals surface area contributed by atoms with Crippen LogP contribution in [-0.2, 0) is 9.53 Å².